The lowest BCUT2D eigenvalue weighted by molar-refractivity contribution is 0.905. The summed E-state index contributed by atoms with van der Waals surface area (Å²) in [6.07, 6.45) is 1.20. The largest absolute Gasteiger partial charge is 0.122 e. The lowest BCUT2D eigenvalue weighted by Gasteiger charge is -2.12. The Bertz CT molecular complexity index is 315. The molecule has 0 aliphatic carbocycles. The fourth-order valence-corrected chi connectivity index (χ4v) is 2.35. The van der Waals surface area contributed by atoms with Crippen LogP contribution < -0.4 is 0 Å². The third-order valence-electron chi connectivity index (χ3n) is 2.25. The summed E-state index contributed by atoms with van der Waals surface area (Å²) in [5.41, 5.74) is 2.44. The van der Waals surface area contributed by atoms with Crippen LogP contribution in [-0.2, 0) is 0 Å². The van der Waals surface area contributed by atoms with Crippen molar-refractivity contribution in [2.24, 2.45) is 0 Å². The van der Waals surface area contributed by atoms with Crippen LogP contribution in [0.3, 0.4) is 0 Å². The molecule has 76 valence electrons. The molecule has 14 heavy (non-hydrogen) atoms. The summed E-state index contributed by atoms with van der Waals surface area (Å²) in [7, 11) is 0. The molecule has 1 unspecified atom stereocenters. The molecular weight excluding hydrogens is 188 g/mol. The van der Waals surface area contributed by atoms with Gasteiger partial charge < -0.3 is 0 Å². The highest BCUT2D eigenvalue weighted by Gasteiger charge is 2.06. The van der Waals surface area contributed by atoms with E-state index in [1.807, 2.05) is 11.8 Å². The van der Waals surface area contributed by atoms with E-state index in [-0.39, 0.29) is 0 Å². The topological polar surface area (TPSA) is 0 Å². The van der Waals surface area contributed by atoms with Gasteiger partial charge in [0.05, 0.1) is 0 Å². The summed E-state index contributed by atoms with van der Waals surface area (Å²) < 4.78 is 0. The molecule has 1 aromatic carbocycles. The average molecular weight is 206 g/mol. The SMILES string of the molecule is C=C(C)c1ccccc1SC(C)CC. The second-order valence-corrected chi connectivity index (χ2v) is 5.09. The first-order valence-corrected chi connectivity index (χ1v) is 5.94. The zero-order valence-electron chi connectivity index (χ0n) is 9.21. The van der Waals surface area contributed by atoms with E-state index < -0.39 is 0 Å². The molecule has 0 aliphatic heterocycles. The molecule has 1 heteroatoms. The standard InChI is InChI=1S/C13H18S/c1-5-11(4)14-13-9-7-6-8-12(13)10(2)3/h6-9,11H,2,5H2,1,3-4H3. The van der Waals surface area contributed by atoms with Crippen LogP contribution in [0.4, 0.5) is 0 Å². The summed E-state index contributed by atoms with van der Waals surface area (Å²) in [6, 6.07) is 8.50. The van der Waals surface area contributed by atoms with Crippen molar-refractivity contribution >= 4 is 17.3 Å². The van der Waals surface area contributed by atoms with E-state index >= 15 is 0 Å². The van der Waals surface area contributed by atoms with Gasteiger partial charge in [-0.2, -0.15) is 0 Å². The normalized spacial score (nSPS) is 12.5. The van der Waals surface area contributed by atoms with Crippen LogP contribution in [0.2, 0.25) is 0 Å². The van der Waals surface area contributed by atoms with Gasteiger partial charge in [0.15, 0.2) is 0 Å². The fraction of sp³-hybridized carbons (Fsp3) is 0.385. The minimum absolute atomic E-state index is 0.676. The van der Waals surface area contributed by atoms with Gasteiger partial charge in [-0.25, -0.2) is 0 Å². The first-order chi connectivity index (χ1) is 6.65. The Morgan fingerprint density at radius 3 is 2.64 bits per heavy atom. The van der Waals surface area contributed by atoms with Gasteiger partial charge in [0.2, 0.25) is 0 Å². The van der Waals surface area contributed by atoms with Crippen molar-refractivity contribution in [2.45, 2.75) is 37.3 Å². The molecule has 0 aliphatic rings. The molecule has 0 bridgehead atoms. The van der Waals surface area contributed by atoms with E-state index in [0.717, 1.165) is 5.57 Å². The summed E-state index contributed by atoms with van der Waals surface area (Å²) in [4.78, 5) is 1.36. The van der Waals surface area contributed by atoms with Crippen molar-refractivity contribution in [1.82, 2.24) is 0 Å². The van der Waals surface area contributed by atoms with Crippen LogP contribution in [0.15, 0.2) is 35.7 Å². The van der Waals surface area contributed by atoms with Crippen LogP contribution in [0.5, 0.6) is 0 Å². The summed E-state index contributed by atoms with van der Waals surface area (Å²) in [5, 5.41) is 0.676. The first-order valence-electron chi connectivity index (χ1n) is 5.06. The van der Waals surface area contributed by atoms with Crippen LogP contribution >= 0.6 is 11.8 Å². The van der Waals surface area contributed by atoms with Crippen molar-refractivity contribution < 1.29 is 0 Å². The zero-order chi connectivity index (χ0) is 10.6. The van der Waals surface area contributed by atoms with Gasteiger partial charge in [-0.1, -0.05) is 38.6 Å². The Morgan fingerprint density at radius 2 is 2.07 bits per heavy atom. The van der Waals surface area contributed by atoms with Crippen LogP contribution in [0, 0.1) is 0 Å². The molecule has 0 saturated carbocycles. The molecule has 0 nitrogen and oxygen atoms in total. The maximum absolute atomic E-state index is 4.01. The Labute approximate surface area is 91.4 Å². The van der Waals surface area contributed by atoms with Gasteiger partial charge >= 0.3 is 0 Å². The smallest absolute Gasteiger partial charge is 0.0150 e. The Balaban J connectivity index is 2.90. The highest BCUT2D eigenvalue weighted by molar-refractivity contribution is 8.00. The van der Waals surface area contributed by atoms with Crippen LogP contribution in [0.1, 0.15) is 32.8 Å². The van der Waals surface area contributed by atoms with Gasteiger partial charge in [0, 0.05) is 10.1 Å². The third kappa shape index (κ3) is 2.91. The minimum atomic E-state index is 0.676. The van der Waals surface area contributed by atoms with E-state index in [1.165, 1.54) is 16.9 Å². The first kappa shape index (κ1) is 11.4. The lowest BCUT2D eigenvalue weighted by atomic mass is 10.1. The number of hydrogen-bond acceptors (Lipinski definition) is 1. The molecule has 0 N–H and O–H groups in total. The summed E-state index contributed by atoms with van der Waals surface area (Å²) >= 11 is 1.94. The van der Waals surface area contributed by atoms with Crippen molar-refractivity contribution in [3.63, 3.8) is 0 Å². The quantitative estimate of drug-likeness (QED) is 0.648. The number of hydrogen-bond donors (Lipinski definition) is 0. The van der Waals surface area contributed by atoms with E-state index in [4.69, 9.17) is 0 Å². The molecule has 0 saturated heterocycles. The van der Waals surface area contributed by atoms with Gasteiger partial charge in [-0.15, -0.1) is 11.8 Å². The molecule has 0 fully saturated rings. The Hall–Kier alpha value is -0.690. The maximum atomic E-state index is 4.01. The molecule has 1 atom stereocenters. The monoisotopic (exact) mass is 206 g/mol. The van der Waals surface area contributed by atoms with Gasteiger partial charge in [-0.3, -0.25) is 0 Å². The highest BCUT2D eigenvalue weighted by Crippen LogP contribution is 2.31. The second kappa shape index (κ2) is 5.26. The minimum Gasteiger partial charge on any atom is -0.122 e. The maximum Gasteiger partial charge on any atom is 0.0150 e. The third-order valence-corrected chi connectivity index (χ3v) is 3.60. The van der Waals surface area contributed by atoms with E-state index in [0.29, 0.717) is 5.25 Å². The van der Waals surface area contributed by atoms with Gasteiger partial charge in [-0.05, 0) is 30.5 Å². The van der Waals surface area contributed by atoms with Crippen molar-refractivity contribution in [3.05, 3.63) is 36.4 Å². The number of benzene rings is 1. The highest BCUT2D eigenvalue weighted by atomic mass is 32.2. The van der Waals surface area contributed by atoms with Crippen molar-refractivity contribution in [2.75, 3.05) is 0 Å². The molecule has 0 amide bonds. The van der Waals surface area contributed by atoms with E-state index in [9.17, 15) is 0 Å². The molecule has 1 rings (SSSR count). The molecule has 0 spiro atoms. The molecule has 0 radical (unpaired) electrons. The fourth-order valence-electron chi connectivity index (χ4n) is 1.22. The average Bonchev–Trinajstić information content (AvgIpc) is 2.18. The van der Waals surface area contributed by atoms with Crippen LogP contribution in [-0.4, -0.2) is 5.25 Å². The van der Waals surface area contributed by atoms with Crippen molar-refractivity contribution in [3.8, 4) is 0 Å². The van der Waals surface area contributed by atoms with E-state index in [2.05, 4.69) is 51.6 Å². The summed E-state index contributed by atoms with van der Waals surface area (Å²) in [5.74, 6) is 0. The predicted molar refractivity (Wildman–Crippen MR) is 66.8 cm³/mol. The predicted octanol–water partition coefficient (Wildman–Crippen LogP) is 4.61. The van der Waals surface area contributed by atoms with E-state index in [1.54, 1.807) is 0 Å². The summed E-state index contributed by atoms with van der Waals surface area (Å²) in [6.45, 7) is 10.6. The van der Waals surface area contributed by atoms with Crippen LogP contribution in [0.25, 0.3) is 5.57 Å². The Kier molecular flexibility index (Phi) is 4.27. The molecule has 1 aromatic rings. The van der Waals surface area contributed by atoms with Gasteiger partial charge in [0.1, 0.15) is 0 Å². The number of allylic oxidation sites excluding steroid dienone is 1. The number of thioether (sulfide) groups is 1. The lowest BCUT2D eigenvalue weighted by Crippen LogP contribution is -1.93. The molecular formula is C13H18S. The molecule has 0 aromatic heterocycles. The van der Waals surface area contributed by atoms with Gasteiger partial charge in [0.25, 0.3) is 0 Å². The van der Waals surface area contributed by atoms with Crippen molar-refractivity contribution in [1.29, 1.82) is 0 Å². The molecule has 0 heterocycles. The zero-order valence-corrected chi connectivity index (χ0v) is 10.0. The second-order valence-electron chi connectivity index (χ2n) is 3.61. The Morgan fingerprint density at radius 1 is 1.43 bits per heavy atom. The number of rotatable bonds is 4.